The average Bonchev–Trinajstić information content (AvgIpc) is 3.11. The maximum Gasteiger partial charge on any atom is 0.281 e. The van der Waals surface area contributed by atoms with Gasteiger partial charge in [-0.2, -0.15) is 0 Å². The van der Waals surface area contributed by atoms with E-state index in [1.165, 1.54) is 16.8 Å². The van der Waals surface area contributed by atoms with Gasteiger partial charge in [-0.3, -0.25) is 4.40 Å². The van der Waals surface area contributed by atoms with E-state index in [4.69, 9.17) is 10.5 Å². The van der Waals surface area contributed by atoms with Crippen LogP contribution >= 0.6 is 0 Å². The van der Waals surface area contributed by atoms with Crippen LogP contribution in [0.3, 0.4) is 0 Å². The minimum absolute atomic E-state index is 0.0763. The van der Waals surface area contributed by atoms with Crippen LogP contribution in [0.15, 0.2) is 30.9 Å². The van der Waals surface area contributed by atoms with Crippen molar-refractivity contribution in [3.63, 3.8) is 0 Å². The Morgan fingerprint density at radius 3 is 2.89 bits per heavy atom. The molecule has 4 rings (SSSR count). The molecule has 142 valence electrons. The van der Waals surface area contributed by atoms with Crippen molar-refractivity contribution < 1.29 is 13.5 Å². The molecule has 0 aromatic carbocycles. The lowest BCUT2D eigenvalue weighted by atomic mass is 10.1. The van der Waals surface area contributed by atoms with Crippen LogP contribution in [0.4, 0.5) is 14.6 Å². The third-order valence-electron chi connectivity index (χ3n) is 4.51. The number of halogens is 2. The van der Waals surface area contributed by atoms with E-state index in [-0.39, 0.29) is 17.8 Å². The fourth-order valence-electron chi connectivity index (χ4n) is 3.03. The average molecular weight is 375 g/mol. The van der Waals surface area contributed by atoms with Gasteiger partial charge in [0, 0.05) is 31.5 Å². The Bertz CT molecular complexity index is 946. The molecule has 10 heteroatoms. The lowest BCUT2D eigenvalue weighted by Gasteiger charge is -2.35. The number of hydrogen-bond acceptors (Lipinski definition) is 7. The van der Waals surface area contributed by atoms with Gasteiger partial charge in [-0.15, -0.1) is 0 Å². The second-order valence-electron chi connectivity index (χ2n) is 6.44. The molecule has 1 saturated heterocycles. The first-order chi connectivity index (χ1) is 13.0. The van der Waals surface area contributed by atoms with Gasteiger partial charge in [0.05, 0.1) is 25.1 Å². The maximum absolute atomic E-state index is 13.0. The van der Waals surface area contributed by atoms with E-state index in [9.17, 15) is 8.78 Å². The van der Waals surface area contributed by atoms with Crippen molar-refractivity contribution in [2.45, 2.75) is 25.5 Å². The van der Waals surface area contributed by atoms with Crippen LogP contribution in [0.1, 0.15) is 19.0 Å². The Labute approximate surface area is 154 Å². The third kappa shape index (κ3) is 3.45. The van der Waals surface area contributed by atoms with E-state index in [2.05, 4.69) is 24.8 Å². The molecule has 0 spiro atoms. The van der Waals surface area contributed by atoms with E-state index < -0.39 is 6.43 Å². The molecular weight excluding hydrogens is 356 g/mol. The molecule has 3 aromatic heterocycles. The summed E-state index contributed by atoms with van der Waals surface area (Å²) in [6, 6.07) is 1.72. The number of alkyl halides is 2. The van der Waals surface area contributed by atoms with Crippen molar-refractivity contribution in [2.75, 3.05) is 24.6 Å². The predicted octanol–water partition coefficient (Wildman–Crippen LogP) is 1.68. The largest absolute Gasteiger partial charge is 0.373 e. The molecule has 8 nitrogen and oxygen atoms in total. The highest BCUT2D eigenvalue weighted by molar-refractivity contribution is 5.58. The minimum atomic E-state index is -2.67. The van der Waals surface area contributed by atoms with Crippen LogP contribution in [0.2, 0.25) is 0 Å². The summed E-state index contributed by atoms with van der Waals surface area (Å²) in [5, 5.41) is 0. The second-order valence-corrected chi connectivity index (χ2v) is 6.44. The molecule has 0 bridgehead atoms. The molecule has 0 saturated carbocycles. The van der Waals surface area contributed by atoms with Gasteiger partial charge in [0.2, 0.25) is 0 Å². The Hall–Kier alpha value is -2.72. The first-order valence-corrected chi connectivity index (χ1v) is 8.59. The smallest absolute Gasteiger partial charge is 0.281 e. The molecule has 27 heavy (non-hydrogen) atoms. The lowest BCUT2D eigenvalue weighted by molar-refractivity contribution is 0.0273. The van der Waals surface area contributed by atoms with Gasteiger partial charge < -0.3 is 15.4 Å². The number of ether oxygens (including phenoxy) is 1. The van der Waals surface area contributed by atoms with Crippen LogP contribution < -0.4 is 10.6 Å². The molecule has 1 fully saturated rings. The van der Waals surface area contributed by atoms with Crippen molar-refractivity contribution in [2.24, 2.45) is 5.73 Å². The summed E-state index contributed by atoms with van der Waals surface area (Å²) in [7, 11) is 0. The summed E-state index contributed by atoms with van der Waals surface area (Å²) in [4.78, 5) is 18.9. The normalized spacial score (nSPS) is 19.0. The van der Waals surface area contributed by atoms with Gasteiger partial charge in [0.15, 0.2) is 11.5 Å². The molecule has 3 aromatic rings. The Kier molecular flexibility index (Phi) is 4.66. The van der Waals surface area contributed by atoms with Crippen molar-refractivity contribution >= 4 is 11.5 Å². The van der Waals surface area contributed by atoms with Crippen molar-refractivity contribution in [3.05, 3.63) is 36.5 Å². The van der Waals surface area contributed by atoms with Gasteiger partial charge in [-0.25, -0.2) is 28.7 Å². The summed E-state index contributed by atoms with van der Waals surface area (Å²) in [6.45, 7) is 3.78. The van der Waals surface area contributed by atoms with E-state index in [1.54, 1.807) is 12.4 Å². The van der Waals surface area contributed by atoms with Crippen molar-refractivity contribution in [1.29, 1.82) is 0 Å². The van der Waals surface area contributed by atoms with E-state index in [1.807, 2.05) is 13.0 Å². The molecule has 1 aliphatic rings. The molecule has 0 radical (unpaired) electrons. The Morgan fingerprint density at radius 2 is 2.11 bits per heavy atom. The van der Waals surface area contributed by atoms with Crippen LogP contribution in [0, 0.1) is 0 Å². The van der Waals surface area contributed by atoms with E-state index in [0.29, 0.717) is 36.9 Å². The molecule has 2 N–H and O–H groups in total. The fourth-order valence-corrected chi connectivity index (χ4v) is 3.03. The highest BCUT2D eigenvalue weighted by atomic mass is 19.3. The molecule has 2 unspecified atom stereocenters. The van der Waals surface area contributed by atoms with E-state index in [0.717, 1.165) is 5.82 Å². The highest BCUT2D eigenvalue weighted by Crippen LogP contribution is 2.23. The number of hydrogen-bond donors (Lipinski definition) is 1. The first-order valence-electron chi connectivity index (χ1n) is 8.59. The van der Waals surface area contributed by atoms with Crippen LogP contribution in [-0.4, -0.2) is 56.2 Å². The molecule has 2 atom stereocenters. The monoisotopic (exact) mass is 375 g/mol. The minimum Gasteiger partial charge on any atom is -0.373 e. The zero-order chi connectivity index (χ0) is 19.0. The number of nitrogens with two attached hydrogens (primary N) is 1. The summed E-state index contributed by atoms with van der Waals surface area (Å²) < 4.78 is 33.2. The lowest BCUT2D eigenvalue weighted by Crippen LogP contribution is -2.49. The van der Waals surface area contributed by atoms with Gasteiger partial charge in [0.1, 0.15) is 17.2 Å². The van der Waals surface area contributed by atoms with Gasteiger partial charge >= 0.3 is 0 Å². The number of imidazole rings is 1. The first kappa shape index (κ1) is 17.7. The van der Waals surface area contributed by atoms with Gasteiger partial charge in [-0.05, 0) is 13.0 Å². The summed E-state index contributed by atoms with van der Waals surface area (Å²) in [6.07, 6.45) is 3.02. The fraction of sp³-hybridized carbons (Fsp3) is 0.412. The molecule has 1 aliphatic heterocycles. The quantitative estimate of drug-likeness (QED) is 0.741. The number of rotatable bonds is 4. The summed E-state index contributed by atoms with van der Waals surface area (Å²) in [5.41, 5.74) is 6.60. The van der Waals surface area contributed by atoms with Crippen LogP contribution in [0.5, 0.6) is 0 Å². The van der Waals surface area contributed by atoms with Crippen LogP contribution in [-0.2, 0) is 4.74 Å². The Morgan fingerprint density at radius 1 is 1.26 bits per heavy atom. The zero-order valence-corrected chi connectivity index (χ0v) is 14.7. The zero-order valence-electron chi connectivity index (χ0n) is 14.7. The number of anilines is 1. The topological polar surface area (TPSA) is 94.5 Å². The number of fused-ring (bicyclic) bond motifs is 1. The van der Waals surface area contributed by atoms with Crippen LogP contribution in [0.25, 0.3) is 17.2 Å². The highest BCUT2D eigenvalue weighted by Gasteiger charge is 2.25. The second kappa shape index (κ2) is 7.12. The number of nitrogens with zero attached hydrogens (tertiary/aromatic N) is 6. The van der Waals surface area contributed by atoms with Gasteiger partial charge in [-0.1, -0.05) is 0 Å². The SMILES string of the molecule is CC(N)C1CN(c2ccnc(-c3cnc4cnc(C(F)F)cn34)n2)CCO1. The number of aromatic nitrogens is 5. The molecule has 0 aliphatic carbocycles. The predicted molar refractivity (Wildman–Crippen MR) is 94.6 cm³/mol. The van der Waals surface area contributed by atoms with Gasteiger partial charge in [0.25, 0.3) is 6.43 Å². The maximum atomic E-state index is 13.0. The molecule has 0 amide bonds. The Balaban J connectivity index is 1.68. The third-order valence-corrected chi connectivity index (χ3v) is 4.51. The molecular formula is C17H19F2N7O. The standard InChI is InChI=1S/C17H19F2N7O/c1-10(20)13-9-25(4-5-27-13)14-2-3-21-17(24-14)12-6-23-15-7-22-11(16(18)19)8-26(12)15/h2-3,6-8,10,13,16H,4-5,9,20H2,1H3. The van der Waals surface area contributed by atoms with E-state index >= 15 is 0 Å². The summed E-state index contributed by atoms with van der Waals surface area (Å²) in [5.74, 6) is 1.13. The van der Waals surface area contributed by atoms with Crippen molar-refractivity contribution in [1.82, 2.24) is 24.3 Å². The number of morpholine rings is 1. The summed E-state index contributed by atoms with van der Waals surface area (Å²) >= 11 is 0. The molecule has 4 heterocycles. The van der Waals surface area contributed by atoms with Crippen molar-refractivity contribution in [3.8, 4) is 11.5 Å².